The van der Waals surface area contributed by atoms with Crippen LogP contribution in [0.15, 0.2) is 79.0 Å². The van der Waals surface area contributed by atoms with Gasteiger partial charge in [0.05, 0.1) is 41.9 Å². The van der Waals surface area contributed by atoms with Crippen LogP contribution in [0.1, 0.15) is 89.3 Å². The molecule has 3 aromatic carbocycles. The number of carbonyl (C=O) groups is 2. The highest BCUT2D eigenvalue weighted by atomic mass is 16.5. The Balaban J connectivity index is 1.53. The molecule has 4 aromatic rings. The van der Waals surface area contributed by atoms with Crippen LogP contribution in [0.5, 0.6) is 0 Å². The zero-order chi connectivity index (χ0) is 29.7. The summed E-state index contributed by atoms with van der Waals surface area (Å²) in [6, 6.07) is 22.7. The van der Waals surface area contributed by atoms with Crippen molar-refractivity contribution in [2.75, 3.05) is 11.9 Å². The first kappa shape index (κ1) is 30.6. The largest absolute Gasteiger partial charge is 0.462 e. The van der Waals surface area contributed by atoms with E-state index in [-0.39, 0.29) is 18.5 Å². The Kier molecular flexibility index (Phi) is 11.3. The maximum Gasteiger partial charge on any atom is 0.340 e. The van der Waals surface area contributed by atoms with Crippen LogP contribution < -0.4 is 5.32 Å². The molecule has 1 aromatic heterocycles. The van der Waals surface area contributed by atoms with Gasteiger partial charge in [0.2, 0.25) is 0 Å². The van der Waals surface area contributed by atoms with Crippen LogP contribution >= 0.6 is 0 Å². The summed E-state index contributed by atoms with van der Waals surface area (Å²) in [5.74, 6) is 0.280. The number of esters is 2. The van der Waals surface area contributed by atoms with Gasteiger partial charge in [-0.15, -0.1) is 0 Å². The van der Waals surface area contributed by atoms with E-state index in [1.165, 1.54) is 0 Å². The third-order valence-electron chi connectivity index (χ3n) is 7.14. The summed E-state index contributed by atoms with van der Waals surface area (Å²) < 4.78 is 13.2. The number of aryl methyl sites for hydroxylation is 2. The minimum absolute atomic E-state index is 0.229. The molecule has 220 valence electrons. The predicted octanol–water partition coefficient (Wildman–Crippen LogP) is 7.84. The number of hydrogen-bond donors (Lipinski definition) is 1. The SMILES string of the molecule is CCCCCOC(=O)c1ccccc1NCc1cnc(CCCC)n1-c1ccc(C(=O)OCc2ccccc2)cc1C. The summed E-state index contributed by atoms with van der Waals surface area (Å²) in [7, 11) is 0. The van der Waals surface area contributed by atoms with Crippen molar-refractivity contribution in [1.82, 2.24) is 9.55 Å². The number of para-hydroxylation sites is 1. The second-order valence-corrected chi connectivity index (χ2v) is 10.4. The van der Waals surface area contributed by atoms with E-state index in [9.17, 15) is 9.59 Å². The topological polar surface area (TPSA) is 82.5 Å². The molecule has 42 heavy (non-hydrogen) atoms. The summed E-state index contributed by atoms with van der Waals surface area (Å²) in [5.41, 5.74) is 5.54. The summed E-state index contributed by atoms with van der Waals surface area (Å²) in [6.07, 6.45) is 7.75. The fourth-order valence-electron chi connectivity index (χ4n) is 4.80. The van der Waals surface area contributed by atoms with Crippen molar-refractivity contribution in [2.24, 2.45) is 0 Å². The van der Waals surface area contributed by atoms with Gasteiger partial charge in [-0.3, -0.25) is 4.57 Å². The minimum atomic E-state index is -0.356. The molecule has 0 saturated carbocycles. The number of aromatic nitrogens is 2. The molecule has 0 saturated heterocycles. The molecule has 4 rings (SSSR count). The van der Waals surface area contributed by atoms with Crippen LogP contribution in [0, 0.1) is 6.92 Å². The van der Waals surface area contributed by atoms with Crippen molar-refractivity contribution in [3.63, 3.8) is 0 Å². The van der Waals surface area contributed by atoms with Gasteiger partial charge in [-0.1, -0.05) is 75.6 Å². The van der Waals surface area contributed by atoms with Gasteiger partial charge in [-0.05, 0) is 61.2 Å². The van der Waals surface area contributed by atoms with E-state index in [0.29, 0.717) is 30.0 Å². The van der Waals surface area contributed by atoms with E-state index in [1.807, 2.05) is 73.8 Å². The lowest BCUT2D eigenvalue weighted by Crippen LogP contribution is -2.14. The molecule has 1 heterocycles. The lowest BCUT2D eigenvalue weighted by molar-refractivity contribution is 0.0470. The minimum Gasteiger partial charge on any atom is -0.462 e. The highest BCUT2D eigenvalue weighted by Gasteiger charge is 2.18. The van der Waals surface area contributed by atoms with E-state index in [0.717, 1.165) is 66.9 Å². The van der Waals surface area contributed by atoms with Gasteiger partial charge in [-0.25, -0.2) is 14.6 Å². The second-order valence-electron chi connectivity index (χ2n) is 10.4. The number of hydrogen-bond acceptors (Lipinski definition) is 6. The first-order chi connectivity index (χ1) is 20.5. The number of rotatable bonds is 15. The molecule has 0 fully saturated rings. The molecule has 0 aliphatic rings. The van der Waals surface area contributed by atoms with E-state index >= 15 is 0 Å². The third kappa shape index (κ3) is 8.09. The van der Waals surface area contributed by atoms with Crippen LogP contribution in [-0.2, 0) is 29.0 Å². The smallest absolute Gasteiger partial charge is 0.340 e. The Hall–Kier alpha value is -4.39. The maximum absolute atomic E-state index is 12.8. The van der Waals surface area contributed by atoms with Crippen LogP contribution in [0.3, 0.4) is 0 Å². The normalized spacial score (nSPS) is 10.8. The van der Waals surface area contributed by atoms with Gasteiger partial charge in [0, 0.05) is 12.1 Å². The van der Waals surface area contributed by atoms with E-state index in [2.05, 4.69) is 23.7 Å². The van der Waals surface area contributed by atoms with Crippen LogP contribution in [-0.4, -0.2) is 28.1 Å². The Morgan fingerprint density at radius 3 is 2.38 bits per heavy atom. The van der Waals surface area contributed by atoms with Gasteiger partial charge in [0.25, 0.3) is 0 Å². The number of unbranched alkanes of at least 4 members (excludes halogenated alkanes) is 3. The highest BCUT2D eigenvalue weighted by Crippen LogP contribution is 2.24. The average Bonchev–Trinajstić information content (AvgIpc) is 3.42. The maximum atomic E-state index is 12.8. The summed E-state index contributed by atoms with van der Waals surface area (Å²) in [6.45, 7) is 7.38. The molecule has 0 aliphatic carbocycles. The zero-order valence-corrected chi connectivity index (χ0v) is 24.9. The fourth-order valence-corrected chi connectivity index (χ4v) is 4.80. The number of carbonyl (C=O) groups excluding carboxylic acids is 2. The molecular formula is C35H41N3O4. The monoisotopic (exact) mass is 567 g/mol. The van der Waals surface area contributed by atoms with Crippen molar-refractivity contribution >= 4 is 17.6 Å². The van der Waals surface area contributed by atoms with Gasteiger partial charge in [-0.2, -0.15) is 0 Å². The molecule has 7 heteroatoms. The molecule has 0 unspecified atom stereocenters. The summed E-state index contributed by atoms with van der Waals surface area (Å²) >= 11 is 0. The van der Waals surface area contributed by atoms with Crippen molar-refractivity contribution in [2.45, 2.75) is 72.4 Å². The lowest BCUT2D eigenvalue weighted by Gasteiger charge is -2.17. The quantitative estimate of drug-likeness (QED) is 0.116. The number of nitrogens with one attached hydrogen (secondary N) is 1. The lowest BCUT2D eigenvalue weighted by atomic mass is 10.1. The van der Waals surface area contributed by atoms with Crippen molar-refractivity contribution in [3.05, 3.63) is 113 Å². The Labute approximate surface area is 248 Å². The second kappa shape index (κ2) is 15.6. The van der Waals surface area contributed by atoms with Gasteiger partial charge >= 0.3 is 11.9 Å². The highest BCUT2D eigenvalue weighted by molar-refractivity contribution is 5.95. The van der Waals surface area contributed by atoms with Crippen molar-refractivity contribution in [1.29, 1.82) is 0 Å². The molecule has 0 bridgehead atoms. The first-order valence-electron chi connectivity index (χ1n) is 14.9. The molecule has 0 spiro atoms. The van der Waals surface area contributed by atoms with Crippen LogP contribution in [0.25, 0.3) is 5.69 Å². The Morgan fingerprint density at radius 2 is 1.62 bits per heavy atom. The number of benzene rings is 3. The average molecular weight is 568 g/mol. The molecule has 0 atom stereocenters. The number of nitrogens with zero attached hydrogens (tertiary/aromatic N) is 2. The van der Waals surface area contributed by atoms with E-state index < -0.39 is 0 Å². The number of anilines is 1. The Morgan fingerprint density at radius 1 is 0.857 bits per heavy atom. The van der Waals surface area contributed by atoms with E-state index in [1.54, 1.807) is 12.1 Å². The Bertz CT molecular complexity index is 1460. The standard InChI is InChI=1S/C35H41N3O4/c1-4-6-13-21-41-35(40)30-16-11-12-17-31(30)36-23-29-24-37-33(18-7-5-2)38(29)32-20-19-28(22-26(32)3)34(39)42-25-27-14-9-8-10-15-27/h8-12,14-17,19-20,22,24,36H,4-7,13,18,21,23,25H2,1-3H3. The zero-order valence-electron chi connectivity index (χ0n) is 24.9. The predicted molar refractivity (Wildman–Crippen MR) is 166 cm³/mol. The number of imidazole rings is 1. The molecular weight excluding hydrogens is 526 g/mol. The first-order valence-corrected chi connectivity index (χ1v) is 14.9. The fraction of sp³-hybridized carbons (Fsp3) is 0.343. The van der Waals surface area contributed by atoms with Crippen molar-refractivity contribution < 1.29 is 19.1 Å². The summed E-state index contributed by atoms with van der Waals surface area (Å²) in [5, 5.41) is 3.44. The van der Waals surface area contributed by atoms with Crippen LogP contribution in [0.4, 0.5) is 5.69 Å². The molecule has 0 radical (unpaired) electrons. The molecule has 1 N–H and O–H groups in total. The van der Waals surface area contributed by atoms with Gasteiger partial charge < -0.3 is 14.8 Å². The number of ether oxygens (including phenoxy) is 2. The summed E-state index contributed by atoms with van der Waals surface area (Å²) in [4.78, 5) is 30.3. The van der Waals surface area contributed by atoms with E-state index in [4.69, 9.17) is 14.5 Å². The van der Waals surface area contributed by atoms with Crippen molar-refractivity contribution in [3.8, 4) is 5.69 Å². The molecule has 7 nitrogen and oxygen atoms in total. The van der Waals surface area contributed by atoms with Crippen LogP contribution in [0.2, 0.25) is 0 Å². The molecule has 0 aliphatic heterocycles. The third-order valence-corrected chi connectivity index (χ3v) is 7.14. The van der Waals surface area contributed by atoms with Gasteiger partial charge in [0.1, 0.15) is 12.4 Å². The van der Waals surface area contributed by atoms with Gasteiger partial charge in [0.15, 0.2) is 0 Å². The molecule has 0 amide bonds.